The topological polar surface area (TPSA) is 40.7 Å². The van der Waals surface area contributed by atoms with E-state index in [1.165, 1.54) is 6.07 Å². The molecule has 1 aromatic carbocycles. The Labute approximate surface area is 93.1 Å². The fourth-order valence-electron chi connectivity index (χ4n) is 2.30. The van der Waals surface area contributed by atoms with E-state index in [-0.39, 0.29) is 5.82 Å². The lowest BCUT2D eigenvalue weighted by atomic mass is 9.98. The number of rotatable bonds is 1. The Kier molecular flexibility index (Phi) is 2.36. The number of nitrogens with zero attached hydrogens (tertiary/aromatic N) is 1. The number of para-hydroxylation sites is 1. The van der Waals surface area contributed by atoms with E-state index in [2.05, 4.69) is 15.3 Å². The van der Waals surface area contributed by atoms with Crippen LogP contribution in [0, 0.1) is 5.82 Å². The van der Waals surface area contributed by atoms with Crippen LogP contribution in [0.2, 0.25) is 0 Å². The van der Waals surface area contributed by atoms with Gasteiger partial charge in [-0.2, -0.15) is 0 Å². The lowest BCUT2D eigenvalue weighted by Gasteiger charge is -2.20. The van der Waals surface area contributed by atoms with Crippen LogP contribution in [0.4, 0.5) is 4.39 Å². The van der Waals surface area contributed by atoms with Crippen molar-refractivity contribution in [2.45, 2.75) is 18.8 Å². The molecule has 0 spiro atoms. The third kappa shape index (κ3) is 1.59. The van der Waals surface area contributed by atoms with E-state index in [9.17, 15) is 4.39 Å². The van der Waals surface area contributed by atoms with Gasteiger partial charge in [-0.3, -0.25) is 0 Å². The SMILES string of the molecule is Fc1cccc2[nH]c(C3CCNCC3)nc12. The van der Waals surface area contributed by atoms with Gasteiger partial charge >= 0.3 is 0 Å². The summed E-state index contributed by atoms with van der Waals surface area (Å²) in [5.41, 5.74) is 1.27. The largest absolute Gasteiger partial charge is 0.342 e. The molecule has 0 aliphatic carbocycles. The van der Waals surface area contributed by atoms with Crippen molar-refractivity contribution in [2.24, 2.45) is 0 Å². The Balaban J connectivity index is 2.01. The Morgan fingerprint density at radius 3 is 2.81 bits per heavy atom. The number of hydrogen-bond acceptors (Lipinski definition) is 2. The molecule has 1 aliphatic heterocycles. The molecule has 0 unspecified atom stereocenters. The van der Waals surface area contributed by atoms with Gasteiger partial charge in [0.05, 0.1) is 5.52 Å². The van der Waals surface area contributed by atoms with Crippen molar-refractivity contribution in [3.8, 4) is 0 Å². The second-order valence-electron chi connectivity index (χ2n) is 4.28. The number of halogens is 1. The number of hydrogen-bond donors (Lipinski definition) is 2. The van der Waals surface area contributed by atoms with Gasteiger partial charge in [0.25, 0.3) is 0 Å². The van der Waals surface area contributed by atoms with Crippen LogP contribution in [0.25, 0.3) is 11.0 Å². The zero-order valence-corrected chi connectivity index (χ0v) is 8.96. The standard InChI is InChI=1S/C12H14FN3/c13-9-2-1-3-10-11(9)16-12(15-10)8-4-6-14-7-5-8/h1-3,8,14H,4-7H2,(H,15,16). The molecule has 1 aromatic heterocycles. The van der Waals surface area contributed by atoms with Gasteiger partial charge in [-0.1, -0.05) is 6.07 Å². The highest BCUT2D eigenvalue weighted by molar-refractivity contribution is 5.75. The quantitative estimate of drug-likeness (QED) is 0.771. The maximum Gasteiger partial charge on any atom is 0.151 e. The van der Waals surface area contributed by atoms with Crippen LogP contribution in [0.3, 0.4) is 0 Å². The molecule has 0 bridgehead atoms. The summed E-state index contributed by atoms with van der Waals surface area (Å²) in [4.78, 5) is 7.60. The predicted octanol–water partition coefficient (Wildman–Crippen LogP) is 2.17. The summed E-state index contributed by atoms with van der Waals surface area (Å²) in [5.74, 6) is 1.13. The molecular formula is C12H14FN3. The molecule has 3 nitrogen and oxygen atoms in total. The summed E-state index contributed by atoms with van der Waals surface area (Å²) in [6.07, 6.45) is 2.14. The number of aromatic amines is 1. The first-order chi connectivity index (χ1) is 7.84. The Morgan fingerprint density at radius 2 is 2.06 bits per heavy atom. The number of imidazole rings is 1. The van der Waals surface area contributed by atoms with Gasteiger partial charge in [-0.15, -0.1) is 0 Å². The molecule has 16 heavy (non-hydrogen) atoms. The number of benzene rings is 1. The first-order valence-electron chi connectivity index (χ1n) is 5.69. The molecule has 2 aromatic rings. The van der Waals surface area contributed by atoms with E-state index >= 15 is 0 Å². The van der Waals surface area contributed by atoms with Crippen LogP contribution in [0.1, 0.15) is 24.6 Å². The smallest absolute Gasteiger partial charge is 0.151 e. The first kappa shape index (κ1) is 9.78. The average molecular weight is 219 g/mol. The number of aromatic nitrogens is 2. The van der Waals surface area contributed by atoms with Gasteiger partial charge in [-0.05, 0) is 38.1 Å². The minimum absolute atomic E-state index is 0.242. The Morgan fingerprint density at radius 1 is 1.25 bits per heavy atom. The van der Waals surface area contributed by atoms with Gasteiger partial charge in [0.2, 0.25) is 0 Å². The molecule has 84 valence electrons. The van der Waals surface area contributed by atoms with Gasteiger partial charge < -0.3 is 10.3 Å². The maximum atomic E-state index is 13.5. The third-order valence-electron chi connectivity index (χ3n) is 3.21. The van der Waals surface area contributed by atoms with E-state index in [1.54, 1.807) is 6.07 Å². The molecule has 0 radical (unpaired) electrons. The molecule has 3 rings (SSSR count). The highest BCUT2D eigenvalue weighted by atomic mass is 19.1. The van der Waals surface area contributed by atoms with Crippen LogP contribution >= 0.6 is 0 Å². The first-order valence-corrected chi connectivity index (χ1v) is 5.69. The van der Waals surface area contributed by atoms with Gasteiger partial charge in [0.15, 0.2) is 5.82 Å². The number of fused-ring (bicyclic) bond motifs is 1. The Bertz CT molecular complexity index is 500. The molecule has 1 aliphatic rings. The van der Waals surface area contributed by atoms with Crippen LogP contribution in [-0.4, -0.2) is 23.1 Å². The molecule has 4 heteroatoms. The summed E-state index contributed by atoms with van der Waals surface area (Å²) in [5, 5.41) is 3.31. The predicted molar refractivity (Wildman–Crippen MR) is 60.9 cm³/mol. The van der Waals surface area contributed by atoms with Crippen molar-refractivity contribution >= 4 is 11.0 Å². The summed E-state index contributed by atoms with van der Waals surface area (Å²) in [6, 6.07) is 5.04. The van der Waals surface area contributed by atoms with Crippen molar-refractivity contribution < 1.29 is 4.39 Å². The highest BCUT2D eigenvalue weighted by Crippen LogP contribution is 2.25. The molecule has 1 saturated heterocycles. The van der Waals surface area contributed by atoms with Crippen LogP contribution in [-0.2, 0) is 0 Å². The van der Waals surface area contributed by atoms with E-state index in [1.807, 2.05) is 6.07 Å². The average Bonchev–Trinajstić information content (AvgIpc) is 2.76. The second kappa shape index (κ2) is 3.87. The van der Waals surface area contributed by atoms with E-state index in [4.69, 9.17) is 0 Å². The highest BCUT2D eigenvalue weighted by Gasteiger charge is 2.19. The van der Waals surface area contributed by atoms with Crippen LogP contribution < -0.4 is 5.32 Å². The fourth-order valence-corrected chi connectivity index (χ4v) is 2.30. The number of nitrogens with one attached hydrogen (secondary N) is 2. The molecular weight excluding hydrogens is 205 g/mol. The van der Waals surface area contributed by atoms with Crippen molar-refractivity contribution in [1.29, 1.82) is 0 Å². The minimum Gasteiger partial charge on any atom is -0.342 e. The summed E-state index contributed by atoms with van der Waals surface area (Å²) in [7, 11) is 0. The van der Waals surface area contributed by atoms with Crippen molar-refractivity contribution in [3.05, 3.63) is 29.8 Å². The molecule has 2 heterocycles. The maximum absolute atomic E-state index is 13.5. The molecule has 2 N–H and O–H groups in total. The minimum atomic E-state index is -0.242. The molecule has 0 atom stereocenters. The van der Waals surface area contributed by atoms with Crippen LogP contribution in [0.5, 0.6) is 0 Å². The zero-order chi connectivity index (χ0) is 11.0. The molecule has 0 saturated carbocycles. The van der Waals surface area contributed by atoms with E-state index in [0.717, 1.165) is 37.3 Å². The van der Waals surface area contributed by atoms with Crippen molar-refractivity contribution in [2.75, 3.05) is 13.1 Å². The van der Waals surface area contributed by atoms with Crippen molar-refractivity contribution in [1.82, 2.24) is 15.3 Å². The van der Waals surface area contributed by atoms with Crippen molar-refractivity contribution in [3.63, 3.8) is 0 Å². The normalized spacial score (nSPS) is 18.1. The van der Waals surface area contributed by atoms with E-state index < -0.39 is 0 Å². The summed E-state index contributed by atoms with van der Waals surface area (Å²) in [6.45, 7) is 2.04. The number of H-pyrrole nitrogens is 1. The summed E-state index contributed by atoms with van der Waals surface area (Å²) >= 11 is 0. The third-order valence-corrected chi connectivity index (χ3v) is 3.21. The van der Waals surface area contributed by atoms with Gasteiger partial charge in [-0.25, -0.2) is 9.37 Å². The molecule has 0 amide bonds. The van der Waals surface area contributed by atoms with Crippen LogP contribution in [0.15, 0.2) is 18.2 Å². The number of piperidine rings is 1. The molecule has 1 fully saturated rings. The lowest BCUT2D eigenvalue weighted by molar-refractivity contribution is 0.448. The zero-order valence-electron chi connectivity index (χ0n) is 8.96. The summed E-state index contributed by atoms with van der Waals surface area (Å²) < 4.78 is 13.5. The van der Waals surface area contributed by atoms with Gasteiger partial charge in [0, 0.05) is 5.92 Å². The monoisotopic (exact) mass is 219 g/mol. The van der Waals surface area contributed by atoms with E-state index in [0.29, 0.717) is 11.4 Å². The fraction of sp³-hybridized carbons (Fsp3) is 0.417. The lowest BCUT2D eigenvalue weighted by Crippen LogP contribution is -2.27. The van der Waals surface area contributed by atoms with Gasteiger partial charge in [0.1, 0.15) is 11.3 Å². The second-order valence-corrected chi connectivity index (χ2v) is 4.28. The Hall–Kier alpha value is -1.42.